The monoisotopic (exact) mass is 282 g/mol. The number of aliphatic hydroxyl groups excluding tert-OH is 1. The maximum atomic E-state index is 11.5. The minimum atomic E-state index is -1.01. The van der Waals surface area contributed by atoms with E-state index in [2.05, 4.69) is 5.32 Å². The summed E-state index contributed by atoms with van der Waals surface area (Å²) < 4.78 is 0. The van der Waals surface area contributed by atoms with E-state index in [1.165, 1.54) is 0 Å². The van der Waals surface area contributed by atoms with Crippen LogP contribution in [-0.2, 0) is 11.2 Å². The minimum absolute atomic E-state index is 0.368. The van der Waals surface area contributed by atoms with Crippen molar-refractivity contribution in [2.24, 2.45) is 5.73 Å². The fourth-order valence-corrected chi connectivity index (χ4v) is 1.80. The Balaban J connectivity index is 2.32. The lowest BCUT2D eigenvalue weighted by Crippen LogP contribution is -2.34. The molecule has 1 rings (SSSR count). The first kappa shape index (κ1) is 15.7. The molecule has 0 aliphatic carbocycles. The molecule has 104 valence electrons. The largest absolute Gasteiger partial charge is 0.383 e. The predicted octanol–water partition coefficient (Wildman–Crippen LogP) is 1.26. The number of nitrogens with one attached hydrogen (secondary N) is 1. The number of carbonyl (C=O) groups is 1. The van der Waals surface area contributed by atoms with Crippen LogP contribution in [0.1, 0.15) is 12.0 Å². The van der Waals surface area contributed by atoms with Crippen LogP contribution in [0.15, 0.2) is 36.4 Å². The van der Waals surface area contributed by atoms with Gasteiger partial charge in [-0.05, 0) is 30.5 Å². The standard InChI is InChI=1S/C14H19ClN2O2/c15-12-5-3-4-11(10-12)6-7-13(18)14(19)17-9-2-1-8-16/h1-5,10,13,18H,6-9,16H2,(H,17,19)/b2-1+/t13-/m0/s1. The second-order valence-electron chi connectivity index (χ2n) is 4.14. The van der Waals surface area contributed by atoms with Crippen LogP contribution in [0.3, 0.4) is 0 Å². The van der Waals surface area contributed by atoms with Crippen molar-refractivity contribution in [1.82, 2.24) is 5.32 Å². The number of rotatable bonds is 7. The lowest BCUT2D eigenvalue weighted by Gasteiger charge is -2.10. The Labute approximate surface area is 118 Å². The number of benzene rings is 1. The molecule has 5 heteroatoms. The van der Waals surface area contributed by atoms with E-state index in [9.17, 15) is 9.90 Å². The summed E-state index contributed by atoms with van der Waals surface area (Å²) in [5.74, 6) is -0.372. The van der Waals surface area contributed by atoms with Crippen LogP contribution < -0.4 is 11.1 Å². The summed E-state index contributed by atoms with van der Waals surface area (Å²) in [7, 11) is 0. The molecule has 0 aliphatic heterocycles. The average molecular weight is 283 g/mol. The molecule has 0 saturated heterocycles. The SMILES string of the molecule is NC/C=C/CNC(=O)[C@@H](O)CCc1cccc(Cl)c1. The molecule has 0 heterocycles. The lowest BCUT2D eigenvalue weighted by atomic mass is 10.1. The zero-order chi connectivity index (χ0) is 14.1. The Morgan fingerprint density at radius 1 is 1.47 bits per heavy atom. The highest BCUT2D eigenvalue weighted by Gasteiger charge is 2.13. The Morgan fingerprint density at radius 2 is 2.26 bits per heavy atom. The summed E-state index contributed by atoms with van der Waals surface area (Å²) in [4.78, 5) is 11.5. The maximum absolute atomic E-state index is 11.5. The third-order valence-electron chi connectivity index (χ3n) is 2.60. The summed E-state index contributed by atoms with van der Waals surface area (Å²) in [6.45, 7) is 0.817. The van der Waals surface area contributed by atoms with E-state index >= 15 is 0 Å². The number of halogens is 1. The molecule has 0 fully saturated rings. The van der Waals surface area contributed by atoms with Crippen LogP contribution in [0, 0.1) is 0 Å². The van der Waals surface area contributed by atoms with Crippen molar-refractivity contribution in [1.29, 1.82) is 0 Å². The Morgan fingerprint density at radius 3 is 2.95 bits per heavy atom. The van der Waals surface area contributed by atoms with Gasteiger partial charge in [0.05, 0.1) is 0 Å². The van der Waals surface area contributed by atoms with Crippen molar-refractivity contribution >= 4 is 17.5 Å². The lowest BCUT2D eigenvalue weighted by molar-refractivity contribution is -0.129. The molecular weight excluding hydrogens is 264 g/mol. The number of nitrogens with two attached hydrogens (primary N) is 1. The van der Waals surface area contributed by atoms with Crippen LogP contribution in [0.4, 0.5) is 0 Å². The van der Waals surface area contributed by atoms with Crippen LogP contribution >= 0.6 is 11.6 Å². The highest BCUT2D eigenvalue weighted by molar-refractivity contribution is 6.30. The van der Waals surface area contributed by atoms with Crippen molar-refractivity contribution < 1.29 is 9.90 Å². The smallest absolute Gasteiger partial charge is 0.249 e. The molecule has 0 bridgehead atoms. The fourth-order valence-electron chi connectivity index (χ4n) is 1.58. The zero-order valence-corrected chi connectivity index (χ0v) is 11.4. The second kappa shape index (κ2) is 8.69. The van der Waals surface area contributed by atoms with E-state index < -0.39 is 6.10 Å². The Bertz CT molecular complexity index is 435. The molecule has 0 spiro atoms. The van der Waals surface area contributed by atoms with E-state index in [0.717, 1.165) is 5.56 Å². The van der Waals surface area contributed by atoms with Gasteiger partial charge in [-0.3, -0.25) is 4.79 Å². The molecule has 1 atom stereocenters. The first-order valence-electron chi connectivity index (χ1n) is 6.18. The summed E-state index contributed by atoms with van der Waals surface area (Å²) in [5.41, 5.74) is 6.27. The zero-order valence-electron chi connectivity index (χ0n) is 10.7. The average Bonchev–Trinajstić information content (AvgIpc) is 2.41. The van der Waals surface area contributed by atoms with E-state index in [-0.39, 0.29) is 5.91 Å². The number of hydrogen-bond donors (Lipinski definition) is 3. The van der Waals surface area contributed by atoms with Gasteiger partial charge in [0.1, 0.15) is 6.10 Å². The normalized spacial score (nSPS) is 12.6. The second-order valence-corrected chi connectivity index (χ2v) is 4.57. The van der Waals surface area contributed by atoms with Crippen molar-refractivity contribution in [3.63, 3.8) is 0 Å². The first-order chi connectivity index (χ1) is 9.13. The first-order valence-corrected chi connectivity index (χ1v) is 6.56. The van der Waals surface area contributed by atoms with Crippen LogP contribution in [0.5, 0.6) is 0 Å². The molecular formula is C14H19ClN2O2. The van der Waals surface area contributed by atoms with Gasteiger partial charge in [0, 0.05) is 18.1 Å². The third kappa shape index (κ3) is 6.38. The predicted molar refractivity (Wildman–Crippen MR) is 77.0 cm³/mol. The Kier molecular flexibility index (Phi) is 7.18. The molecule has 0 unspecified atom stereocenters. The van der Waals surface area contributed by atoms with Crippen molar-refractivity contribution in [2.45, 2.75) is 18.9 Å². The van der Waals surface area contributed by atoms with Gasteiger partial charge < -0.3 is 16.2 Å². The molecule has 0 radical (unpaired) electrons. The number of amides is 1. The van der Waals surface area contributed by atoms with Gasteiger partial charge in [0.2, 0.25) is 5.91 Å². The third-order valence-corrected chi connectivity index (χ3v) is 2.83. The highest BCUT2D eigenvalue weighted by atomic mass is 35.5. The van der Waals surface area contributed by atoms with Gasteiger partial charge in [-0.1, -0.05) is 35.9 Å². The highest BCUT2D eigenvalue weighted by Crippen LogP contribution is 2.12. The molecule has 0 saturated carbocycles. The van der Waals surface area contributed by atoms with Crippen molar-refractivity contribution in [2.75, 3.05) is 13.1 Å². The number of hydrogen-bond acceptors (Lipinski definition) is 3. The van der Waals surface area contributed by atoms with Crippen LogP contribution in [0.2, 0.25) is 5.02 Å². The van der Waals surface area contributed by atoms with Gasteiger partial charge in [-0.15, -0.1) is 0 Å². The van der Waals surface area contributed by atoms with Crippen LogP contribution in [-0.4, -0.2) is 30.2 Å². The van der Waals surface area contributed by atoms with Gasteiger partial charge in [-0.25, -0.2) is 0 Å². The molecule has 1 aromatic carbocycles. The van der Waals surface area contributed by atoms with Crippen LogP contribution in [0.25, 0.3) is 0 Å². The molecule has 4 nitrogen and oxygen atoms in total. The molecule has 0 aromatic heterocycles. The van der Waals surface area contributed by atoms with E-state index in [4.69, 9.17) is 17.3 Å². The quantitative estimate of drug-likeness (QED) is 0.659. The summed E-state index contributed by atoms with van der Waals surface area (Å²) in [6, 6.07) is 7.39. The minimum Gasteiger partial charge on any atom is -0.383 e. The summed E-state index contributed by atoms with van der Waals surface area (Å²) in [5, 5.41) is 13.0. The topological polar surface area (TPSA) is 75.3 Å². The van der Waals surface area contributed by atoms with Gasteiger partial charge in [-0.2, -0.15) is 0 Å². The molecule has 4 N–H and O–H groups in total. The van der Waals surface area contributed by atoms with E-state index in [1.54, 1.807) is 18.2 Å². The molecule has 1 amide bonds. The Hall–Kier alpha value is -1.36. The molecule has 1 aromatic rings. The molecule has 19 heavy (non-hydrogen) atoms. The molecule has 0 aliphatic rings. The maximum Gasteiger partial charge on any atom is 0.249 e. The fraction of sp³-hybridized carbons (Fsp3) is 0.357. The van der Waals surface area contributed by atoms with Crippen molar-refractivity contribution in [3.8, 4) is 0 Å². The van der Waals surface area contributed by atoms with Crippen molar-refractivity contribution in [3.05, 3.63) is 47.0 Å². The number of carbonyl (C=O) groups excluding carboxylic acids is 1. The summed E-state index contributed by atoms with van der Waals surface area (Å²) >= 11 is 5.86. The van der Waals surface area contributed by atoms with Gasteiger partial charge in [0.25, 0.3) is 0 Å². The number of aliphatic hydroxyl groups is 1. The van der Waals surface area contributed by atoms with Gasteiger partial charge >= 0.3 is 0 Å². The summed E-state index contributed by atoms with van der Waals surface area (Å²) in [6.07, 6.45) is 3.46. The van der Waals surface area contributed by atoms with E-state index in [1.807, 2.05) is 18.2 Å². The van der Waals surface area contributed by atoms with E-state index in [0.29, 0.717) is 31.0 Å². The number of aryl methyl sites for hydroxylation is 1. The van der Waals surface area contributed by atoms with Gasteiger partial charge in [0.15, 0.2) is 0 Å².